The van der Waals surface area contributed by atoms with Crippen molar-refractivity contribution in [3.8, 4) is 0 Å². The lowest BCUT2D eigenvalue weighted by atomic mass is 10.1. The van der Waals surface area contributed by atoms with Crippen molar-refractivity contribution < 1.29 is 0 Å². The summed E-state index contributed by atoms with van der Waals surface area (Å²) in [6.45, 7) is 4.61. The Bertz CT molecular complexity index is 315. The van der Waals surface area contributed by atoms with Gasteiger partial charge in [0.2, 0.25) is 0 Å². The molecule has 15 heavy (non-hydrogen) atoms. The van der Waals surface area contributed by atoms with Gasteiger partial charge in [-0.25, -0.2) is 0 Å². The molecular weight excluding hydrogens is 182 g/mol. The van der Waals surface area contributed by atoms with Gasteiger partial charge in [-0.15, -0.1) is 0 Å². The Labute approximate surface area is 92.4 Å². The van der Waals surface area contributed by atoms with Crippen LogP contribution in [0.15, 0.2) is 42.5 Å². The summed E-state index contributed by atoms with van der Waals surface area (Å²) in [5.74, 6) is 0. The van der Waals surface area contributed by atoms with Gasteiger partial charge in [0.25, 0.3) is 0 Å². The van der Waals surface area contributed by atoms with E-state index in [2.05, 4.69) is 54.3 Å². The zero-order chi connectivity index (χ0) is 10.5. The number of hydrogen-bond acceptors (Lipinski definition) is 1. The molecule has 1 aliphatic heterocycles. The van der Waals surface area contributed by atoms with Gasteiger partial charge < -0.3 is 0 Å². The van der Waals surface area contributed by atoms with Crippen molar-refractivity contribution in [1.82, 2.24) is 4.90 Å². The van der Waals surface area contributed by atoms with Crippen LogP contribution in [0.4, 0.5) is 0 Å². The zero-order valence-electron chi connectivity index (χ0n) is 9.39. The van der Waals surface area contributed by atoms with E-state index in [9.17, 15) is 0 Å². The standard InChI is InChI=1S/C14H19N/c1-13-7-5-6-11-15(13)12-10-14-8-3-2-4-9-14/h2-6,8-9,13H,7,10-12H2,1H3. The van der Waals surface area contributed by atoms with Gasteiger partial charge in [-0.2, -0.15) is 0 Å². The maximum absolute atomic E-state index is 2.55. The third kappa shape index (κ3) is 2.93. The molecule has 0 N–H and O–H groups in total. The van der Waals surface area contributed by atoms with Crippen molar-refractivity contribution in [2.45, 2.75) is 25.8 Å². The van der Waals surface area contributed by atoms with Crippen LogP contribution in [0.25, 0.3) is 0 Å². The van der Waals surface area contributed by atoms with Crippen LogP contribution in [-0.2, 0) is 6.42 Å². The molecule has 0 radical (unpaired) electrons. The van der Waals surface area contributed by atoms with Gasteiger partial charge >= 0.3 is 0 Å². The van der Waals surface area contributed by atoms with E-state index in [0.717, 1.165) is 6.54 Å². The Morgan fingerprint density at radius 1 is 1.20 bits per heavy atom. The van der Waals surface area contributed by atoms with E-state index >= 15 is 0 Å². The first-order valence-electron chi connectivity index (χ1n) is 5.79. The highest BCUT2D eigenvalue weighted by molar-refractivity contribution is 5.15. The van der Waals surface area contributed by atoms with Crippen LogP contribution < -0.4 is 0 Å². The lowest BCUT2D eigenvalue weighted by Crippen LogP contribution is -2.36. The van der Waals surface area contributed by atoms with Crippen molar-refractivity contribution in [3.63, 3.8) is 0 Å². The number of hydrogen-bond donors (Lipinski definition) is 0. The van der Waals surface area contributed by atoms with Gasteiger partial charge in [0.1, 0.15) is 0 Å². The molecule has 1 atom stereocenters. The van der Waals surface area contributed by atoms with E-state index in [-0.39, 0.29) is 0 Å². The van der Waals surface area contributed by atoms with Crippen LogP contribution in [0.2, 0.25) is 0 Å². The Morgan fingerprint density at radius 3 is 2.73 bits per heavy atom. The third-order valence-corrected chi connectivity index (χ3v) is 3.14. The maximum atomic E-state index is 2.55. The van der Waals surface area contributed by atoms with Crippen LogP contribution >= 0.6 is 0 Å². The largest absolute Gasteiger partial charge is 0.296 e. The quantitative estimate of drug-likeness (QED) is 0.680. The molecule has 0 aliphatic carbocycles. The molecule has 1 nitrogen and oxygen atoms in total. The third-order valence-electron chi connectivity index (χ3n) is 3.14. The van der Waals surface area contributed by atoms with E-state index in [1.54, 1.807) is 0 Å². The summed E-state index contributed by atoms with van der Waals surface area (Å²) in [5, 5.41) is 0. The normalized spacial score (nSPS) is 21.8. The molecule has 1 aromatic carbocycles. The Morgan fingerprint density at radius 2 is 2.00 bits per heavy atom. The minimum Gasteiger partial charge on any atom is -0.296 e. The van der Waals surface area contributed by atoms with E-state index in [4.69, 9.17) is 0 Å². The molecule has 0 aromatic heterocycles. The number of benzene rings is 1. The minimum atomic E-state index is 0.707. The molecule has 0 spiro atoms. The van der Waals surface area contributed by atoms with Crippen LogP contribution in [-0.4, -0.2) is 24.0 Å². The molecule has 1 heteroatoms. The van der Waals surface area contributed by atoms with Crippen LogP contribution in [0.1, 0.15) is 18.9 Å². The molecule has 2 rings (SSSR count). The Hall–Kier alpha value is -1.08. The smallest absolute Gasteiger partial charge is 0.0166 e. The second-order valence-electron chi connectivity index (χ2n) is 4.29. The summed E-state index contributed by atoms with van der Waals surface area (Å²) in [4.78, 5) is 2.55. The topological polar surface area (TPSA) is 3.24 Å². The lowest BCUT2D eigenvalue weighted by Gasteiger charge is -2.30. The van der Waals surface area contributed by atoms with Crippen LogP contribution in [0.3, 0.4) is 0 Å². The monoisotopic (exact) mass is 201 g/mol. The fraction of sp³-hybridized carbons (Fsp3) is 0.429. The summed E-state index contributed by atoms with van der Waals surface area (Å²) >= 11 is 0. The summed E-state index contributed by atoms with van der Waals surface area (Å²) in [6.07, 6.45) is 6.95. The van der Waals surface area contributed by atoms with Crippen molar-refractivity contribution in [3.05, 3.63) is 48.0 Å². The van der Waals surface area contributed by atoms with Crippen LogP contribution in [0.5, 0.6) is 0 Å². The zero-order valence-corrected chi connectivity index (χ0v) is 9.39. The minimum absolute atomic E-state index is 0.707. The van der Waals surface area contributed by atoms with Gasteiger partial charge in [0, 0.05) is 19.1 Å². The second-order valence-corrected chi connectivity index (χ2v) is 4.29. The first-order valence-corrected chi connectivity index (χ1v) is 5.79. The van der Waals surface area contributed by atoms with Crippen molar-refractivity contribution in [1.29, 1.82) is 0 Å². The Balaban J connectivity index is 1.85. The number of rotatable bonds is 3. The van der Waals surface area contributed by atoms with Gasteiger partial charge in [0.15, 0.2) is 0 Å². The molecule has 1 aliphatic rings. The Kier molecular flexibility index (Phi) is 3.57. The highest BCUT2D eigenvalue weighted by Gasteiger charge is 2.13. The van der Waals surface area contributed by atoms with E-state index in [1.165, 1.54) is 24.9 Å². The predicted molar refractivity (Wildman–Crippen MR) is 64.9 cm³/mol. The average molecular weight is 201 g/mol. The van der Waals surface area contributed by atoms with E-state index < -0.39 is 0 Å². The fourth-order valence-corrected chi connectivity index (χ4v) is 2.06. The average Bonchev–Trinajstić information content (AvgIpc) is 2.29. The summed E-state index contributed by atoms with van der Waals surface area (Å²) in [5.41, 5.74) is 1.44. The molecule has 0 fully saturated rings. The number of nitrogens with zero attached hydrogens (tertiary/aromatic N) is 1. The molecule has 1 unspecified atom stereocenters. The SMILES string of the molecule is CC1CC=CCN1CCc1ccccc1. The molecule has 0 saturated carbocycles. The van der Waals surface area contributed by atoms with Gasteiger partial charge in [0.05, 0.1) is 0 Å². The summed E-state index contributed by atoms with van der Waals surface area (Å²) in [7, 11) is 0. The highest BCUT2D eigenvalue weighted by Crippen LogP contribution is 2.11. The van der Waals surface area contributed by atoms with Crippen LogP contribution in [0, 0.1) is 0 Å². The van der Waals surface area contributed by atoms with Crippen molar-refractivity contribution in [2.75, 3.05) is 13.1 Å². The molecule has 1 heterocycles. The van der Waals surface area contributed by atoms with Gasteiger partial charge in [-0.1, -0.05) is 42.5 Å². The summed E-state index contributed by atoms with van der Waals surface area (Å²) < 4.78 is 0. The first-order chi connectivity index (χ1) is 7.36. The summed E-state index contributed by atoms with van der Waals surface area (Å²) in [6, 6.07) is 11.5. The molecule has 0 bridgehead atoms. The van der Waals surface area contributed by atoms with Crippen molar-refractivity contribution in [2.24, 2.45) is 0 Å². The molecule has 1 aromatic rings. The second kappa shape index (κ2) is 5.13. The predicted octanol–water partition coefficient (Wildman–Crippen LogP) is 2.88. The van der Waals surface area contributed by atoms with E-state index in [0.29, 0.717) is 6.04 Å². The van der Waals surface area contributed by atoms with Crippen molar-refractivity contribution >= 4 is 0 Å². The first kappa shape index (κ1) is 10.4. The highest BCUT2D eigenvalue weighted by atomic mass is 15.1. The molecule has 80 valence electrons. The fourth-order valence-electron chi connectivity index (χ4n) is 2.06. The van der Waals surface area contributed by atoms with Gasteiger partial charge in [-0.05, 0) is 25.3 Å². The maximum Gasteiger partial charge on any atom is 0.0166 e. The molecular formula is C14H19N. The van der Waals surface area contributed by atoms with Gasteiger partial charge in [-0.3, -0.25) is 4.90 Å². The molecule has 0 saturated heterocycles. The van der Waals surface area contributed by atoms with E-state index in [1.807, 2.05) is 0 Å². The lowest BCUT2D eigenvalue weighted by molar-refractivity contribution is 0.226. The molecule has 0 amide bonds.